The van der Waals surface area contributed by atoms with Gasteiger partial charge in [-0.25, -0.2) is 0 Å². The number of anilines is 1. The molecule has 0 heterocycles. The lowest BCUT2D eigenvalue weighted by Gasteiger charge is -2.27. The summed E-state index contributed by atoms with van der Waals surface area (Å²) >= 11 is 0. The minimum Gasteiger partial charge on any atom is -0.507 e. The number of hydrogen-bond acceptors (Lipinski definition) is 5. The summed E-state index contributed by atoms with van der Waals surface area (Å²) in [5.41, 5.74) is 2.17. The molecule has 6 nitrogen and oxygen atoms in total. The lowest BCUT2D eigenvalue weighted by molar-refractivity contribution is -0.120. The molecule has 2 rings (SSSR count). The van der Waals surface area contributed by atoms with Crippen molar-refractivity contribution in [1.29, 1.82) is 0 Å². The summed E-state index contributed by atoms with van der Waals surface area (Å²) in [6, 6.07) is 10.4. The van der Waals surface area contributed by atoms with Gasteiger partial charge in [-0.1, -0.05) is 64.9 Å². The van der Waals surface area contributed by atoms with Crippen LogP contribution in [0.2, 0.25) is 0 Å². The third-order valence-electron chi connectivity index (χ3n) is 4.46. The maximum atomic E-state index is 12.3. The second-order valence-electron chi connectivity index (χ2n) is 9.03. The smallest absolute Gasteiger partial charge is 0.265 e. The Kier molecular flexibility index (Phi) is 6.57. The Balaban J connectivity index is 2.14. The van der Waals surface area contributed by atoms with Crippen molar-refractivity contribution in [3.8, 4) is 11.5 Å². The minimum atomic E-state index is -0.444. The van der Waals surface area contributed by atoms with Gasteiger partial charge in [-0.15, -0.1) is 0 Å². The highest BCUT2D eigenvalue weighted by atomic mass is 16.6. The van der Waals surface area contributed by atoms with Gasteiger partial charge in [0, 0.05) is 11.1 Å². The van der Waals surface area contributed by atoms with Gasteiger partial charge in [0.05, 0.1) is 11.9 Å². The van der Waals surface area contributed by atoms with E-state index in [1.54, 1.807) is 24.3 Å². The van der Waals surface area contributed by atoms with Crippen LogP contribution in [0.3, 0.4) is 0 Å². The van der Waals surface area contributed by atoms with E-state index in [1.165, 1.54) is 12.3 Å². The maximum Gasteiger partial charge on any atom is 0.265 e. The molecule has 0 unspecified atom stereocenters. The highest BCUT2D eigenvalue weighted by Crippen LogP contribution is 2.40. The molecule has 6 heteroatoms. The predicted molar refractivity (Wildman–Crippen MR) is 116 cm³/mol. The highest BCUT2D eigenvalue weighted by molar-refractivity contribution is 5.93. The van der Waals surface area contributed by atoms with Crippen molar-refractivity contribution in [2.45, 2.75) is 52.4 Å². The van der Waals surface area contributed by atoms with Crippen molar-refractivity contribution in [3.63, 3.8) is 0 Å². The Morgan fingerprint density at radius 1 is 1.07 bits per heavy atom. The largest absolute Gasteiger partial charge is 0.507 e. The zero-order chi connectivity index (χ0) is 21.8. The number of amides is 1. The third kappa shape index (κ3) is 5.98. The molecule has 0 radical (unpaired) electrons. The zero-order valence-electron chi connectivity index (χ0n) is 17.9. The molecule has 0 saturated heterocycles. The molecular formula is C23H30N2O4. The topological polar surface area (TPSA) is 91.2 Å². The van der Waals surface area contributed by atoms with Crippen LogP contribution in [0.5, 0.6) is 11.5 Å². The van der Waals surface area contributed by atoms with Crippen LogP contribution in [0.4, 0.5) is 5.69 Å². The summed E-state index contributed by atoms with van der Waals surface area (Å²) in [6.07, 6.45) is 1.33. The normalized spacial score (nSPS) is 12.2. The van der Waals surface area contributed by atoms with Crippen molar-refractivity contribution in [1.82, 2.24) is 0 Å². The molecule has 0 bridgehead atoms. The molecule has 0 fully saturated rings. The number of nitrogens with zero attached hydrogens (tertiary/aromatic N) is 1. The van der Waals surface area contributed by atoms with Gasteiger partial charge >= 0.3 is 0 Å². The van der Waals surface area contributed by atoms with E-state index >= 15 is 0 Å². The van der Waals surface area contributed by atoms with Crippen LogP contribution in [0.25, 0.3) is 0 Å². The number of nitrogens with one attached hydrogen (secondary N) is 1. The zero-order valence-corrected chi connectivity index (χ0v) is 17.9. The Hall–Kier alpha value is -3.02. The molecule has 0 saturated carbocycles. The van der Waals surface area contributed by atoms with Gasteiger partial charge in [0.25, 0.3) is 5.91 Å². The van der Waals surface area contributed by atoms with Crippen molar-refractivity contribution < 1.29 is 19.8 Å². The first-order valence-corrected chi connectivity index (χ1v) is 9.51. The van der Waals surface area contributed by atoms with Crippen LogP contribution in [0.1, 0.15) is 58.2 Å². The summed E-state index contributed by atoms with van der Waals surface area (Å²) in [6.45, 7) is 11.9. The minimum absolute atomic E-state index is 0.0524. The predicted octanol–water partition coefficient (Wildman–Crippen LogP) is 4.68. The molecule has 2 aromatic rings. The molecule has 0 aliphatic carbocycles. The fraction of sp³-hybridized carbons (Fsp3) is 0.391. The number of hydrogen-bond donors (Lipinski definition) is 3. The van der Waals surface area contributed by atoms with Crippen molar-refractivity contribution in [3.05, 3.63) is 53.1 Å². The highest BCUT2D eigenvalue weighted by Gasteiger charge is 2.25. The first-order chi connectivity index (χ1) is 13.4. The van der Waals surface area contributed by atoms with Gasteiger partial charge in [-0.05, 0) is 34.6 Å². The van der Waals surface area contributed by atoms with Crippen LogP contribution in [-0.4, -0.2) is 28.9 Å². The van der Waals surface area contributed by atoms with Gasteiger partial charge < -0.3 is 20.4 Å². The Morgan fingerprint density at radius 3 is 2.31 bits per heavy atom. The molecule has 29 heavy (non-hydrogen) atoms. The number of aromatic hydroxyl groups is 2. The number of carbonyl (C=O) groups is 1. The van der Waals surface area contributed by atoms with Crippen molar-refractivity contribution >= 4 is 17.8 Å². The molecular weight excluding hydrogens is 368 g/mol. The Bertz CT molecular complexity index is 906. The standard InChI is InChI=1S/C23H30N2O4/c1-22(2,3)16-11-17(23(4,5)6)21(28)18(12-16)25-20(27)14-29-24-13-15-9-7-8-10-19(15)26/h7-13,26,28H,14H2,1-6H3,(H,25,27). The van der Waals surface area contributed by atoms with Gasteiger partial charge in [-0.3, -0.25) is 4.79 Å². The molecule has 0 spiro atoms. The molecule has 3 N–H and O–H groups in total. The van der Waals surface area contributed by atoms with Gasteiger partial charge in [0.15, 0.2) is 6.61 Å². The van der Waals surface area contributed by atoms with E-state index in [4.69, 9.17) is 4.84 Å². The fourth-order valence-electron chi connectivity index (χ4n) is 2.71. The van der Waals surface area contributed by atoms with Crippen molar-refractivity contribution in [2.75, 3.05) is 11.9 Å². The summed E-state index contributed by atoms with van der Waals surface area (Å²) in [4.78, 5) is 17.3. The van der Waals surface area contributed by atoms with E-state index in [0.29, 0.717) is 11.3 Å². The summed E-state index contributed by atoms with van der Waals surface area (Å²) < 4.78 is 0. The molecule has 156 valence electrons. The first kappa shape index (κ1) is 22.3. The van der Waals surface area contributed by atoms with Gasteiger partial charge in [-0.2, -0.15) is 0 Å². The molecule has 2 aromatic carbocycles. The second-order valence-corrected chi connectivity index (χ2v) is 9.03. The van der Waals surface area contributed by atoms with E-state index in [0.717, 1.165) is 11.1 Å². The van der Waals surface area contributed by atoms with E-state index < -0.39 is 5.91 Å². The number of carbonyl (C=O) groups excluding carboxylic acids is 1. The molecule has 0 aliphatic rings. The fourth-order valence-corrected chi connectivity index (χ4v) is 2.71. The van der Waals surface area contributed by atoms with E-state index in [2.05, 4.69) is 31.2 Å². The number of phenolic OH excluding ortho intramolecular Hbond substituents is 2. The lowest BCUT2D eigenvalue weighted by Crippen LogP contribution is -2.21. The van der Waals surface area contributed by atoms with Gasteiger partial charge in [0.2, 0.25) is 0 Å². The van der Waals surface area contributed by atoms with E-state index in [9.17, 15) is 15.0 Å². The number of benzene rings is 2. The number of para-hydroxylation sites is 1. The van der Waals surface area contributed by atoms with Crippen LogP contribution in [0, 0.1) is 0 Å². The second kappa shape index (κ2) is 8.55. The van der Waals surface area contributed by atoms with Crippen LogP contribution < -0.4 is 5.32 Å². The average Bonchev–Trinajstić information content (AvgIpc) is 2.60. The van der Waals surface area contributed by atoms with Gasteiger partial charge in [0.1, 0.15) is 11.5 Å². The van der Waals surface area contributed by atoms with Crippen molar-refractivity contribution in [2.24, 2.45) is 5.16 Å². The summed E-state index contributed by atoms with van der Waals surface area (Å²) in [7, 11) is 0. The number of oxime groups is 1. The Labute approximate surface area is 172 Å². The summed E-state index contributed by atoms with van der Waals surface area (Å²) in [5, 5.41) is 26.8. The quantitative estimate of drug-likeness (QED) is 0.387. The molecule has 1 amide bonds. The average molecular weight is 399 g/mol. The van der Waals surface area contributed by atoms with Crippen LogP contribution in [-0.2, 0) is 20.5 Å². The molecule has 0 aromatic heterocycles. The molecule has 0 atom stereocenters. The first-order valence-electron chi connectivity index (χ1n) is 9.51. The molecule has 0 aliphatic heterocycles. The lowest BCUT2D eigenvalue weighted by atomic mass is 9.79. The third-order valence-corrected chi connectivity index (χ3v) is 4.46. The number of rotatable bonds is 5. The monoisotopic (exact) mass is 398 g/mol. The van der Waals surface area contributed by atoms with Crippen LogP contribution >= 0.6 is 0 Å². The van der Waals surface area contributed by atoms with E-state index in [-0.39, 0.29) is 28.9 Å². The summed E-state index contributed by atoms with van der Waals surface area (Å²) in [5.74, 6) is -0.319. The van der Waals surface area contributed by atoms with E-state index in [1.807, 2.05) is 26.8 Å². The maximum absolute atomic E-state index is 12.3. The number of phenols is 2. The van der Waals surface area contributed by atoms with Crippen LogP contribution in [0.15, 0.2) is 41.6 Å². The Morgan fingerprint density at radius 2 is 1.72 bits per heavy atom. The SMILES string of the molecule is CC(C)(C)c1cc(NC(=O)CON=Cc2ccccc2O)c(O)c(C(C)(C)C)c1.